The highest BCUT2D eigenvalue weighted by molar-refractivity contribution is 7.19. The van der Waals surface area contributed by atoms with Crippen LogP contribution in [0.3, 0.4) is 0 Å². The van der Waals surface area contributed by atoms with Gasteiger partial charge in [0, 0.05) is 30.1 Å². The Morgan fingerprint density at radius 3 is 2.52 bits per heavy atom. The topological polar surface area (TPSA) is 55.6 Å². The second-order valence-electron chi connectivity index (χ2n) is 5.00. The fourth-order valence-electron chi connectivity index (χ4n) is 2.44. The van der Waals surface area contributed by atoms with Gasteiger partial charge in [-0.15, -0.1) is 11.3 Å². The lowest BCUT2D eigenvalue weighted by molar-refractivity contribution is -0.384. The first kappa shape index (κ1) is 14.0. The Balaban J connectivity index is 1.87. The van der Waals surface area contributed by atoms with Crippen LogP contribution in [0.4, 0.5) is 10.7 Å². The SMILES string of the molecule is Cc1cc(-c2ccc([N+](=O)[O-])cc2)sc1N1CCOCC1. The first-order chi connectivity index (χ1) is 10.1. The molecule has 0 saturated carbocycles. The number of thiophene rings is 1. The summed E-state index contributed by atoms with van der Waals surface area (Å²) in [5, 5.41) is 12.0. The van der Waals surface area contributed by atoms with E-state index in [1.54, 1.807) is 23.5 Å². The van der Waals surface area contributed by atoms with Gasteiger partial charge in [-0.2, -0.15) is 0 Å². The van der Waals surface area contributed by atoms with Crippen molar-refractivity contribution in [2.24, 2.45) is 0 Å². The number of non-ortho nitro benzene ring substituents is 1. The average molecular weight is 304 g/mol. The third-order valence-corrected chi connectivity index (χ3v) is 4.90. The fourth-order valence-corrected chi connectivity index (χ4v) is 3.67. The van der Waals surface area contributed by atoms with Gasteiger partial charge in [0.1, 0.15) is 0 Å². The van der Waals surface area contributed by atoms with E-state index >= 15 is 0 Å². The largest absolute Gasteiger partial charge is 0.378 e. The second kappa shape index (κ2) is 5.83. The third-order valence-electron chi connectivity index (χ3n) is 3.55. The number of anilines is 1. The highest BCUT2D eigenvalue weighted by atomic mass is 32.1. The number of benzene rings is 1. The van der Waals surface area contributed by atoms with Crippen molar-refractivity contribution in [1.82, 2.24) is 0 Å². The second-order valence-corrected chi connectivity index (χ2v) is 6.03. The quantitative estimate of drug-likeness (QED) is 0.643. The predicted octanol–water partition coefficient (Wildman–Crippen LogP) is 3.47. The Kier molecular flexibility index (Phi) is 3.90. The molecule has 0 amide bonds. The highest BCUT2D eigenvalue weighted by Crippen LogP contribution is 2.38. The number of hydrogen-bond acceptors (Lipinski definition) is 5. The van der Waals surface area contributed by atoms with E-state index in [1.165, 1.54) is 10.6 Å². The van der Waals surface area contributed by atoms with E-state index in [0.29, 0.717) is 0 Å². The Bertz CT molecular complexity index is 645. The molecule has 0 unspecified atom stereocenters. The van der Waals surface area contributed by atoms with E-state index in [2.05, 4.69) is 17.9 Å². The van der Waals surface area contributed by atoms with Crippen LogP contribution in [-0.4, -0.2) is 31.2 Å². The van der Waals surface area contributed by atoms with Gasteiger partial charge >= 0.3 is 0 Å². The molecule has 2 heterocycles. The number of ether oxygens (including phenoxy) is 1. The Labute approximate surface area is 126 Å². The number of nitro groups is 1. The van der Waals surface area contributed by atoms with Crippen molar-refractivity contribution in [3.05, 3.63) is 46.0 Å². The lowest BCUT2D eigenvalue weighted by Crippen LogP contribution is -2.35. The lowest BCUT2D eigenvalue weighted by atomic mass is 10.1. The third kappa shape index (κ3) is 2.91. The van der Waals surface area contributed by atoms with Crippen LogP contribution in [0.5, 0.6) is 0 Å². The van der Waals surface area contributed by atoms with Crippen LogP contribution in [0, 0.1) is 17.0 Å². The molecule has 6 heteroatoms. The molecule has 0 spiro atoms. The van der Waals surface area contributed by atoms with Crippen molar-refractivity contribution in [2.45, 2.75) is 6.92 Å². The molecular formula is C15H16N2O3S. The van der Waals surface area contributed by atoms with Gasteiger partial charge in [-0.05, 0) is 36.2 Å². The molecule has 0 radical (unpaired) electrons. The van der Waals surface area contributed by atoms with Gasteiger partial charge in [0.05, 0.1) is 23.1 Å². The minimum Gasteiger partial charge on any atom is -0.378 e. The van der Waals surface area contributed by atoms with Crippen LogP contribution in [0.2, 0.25) is 0 Å². The Morgan fingerprint density at radius 2 is 1.90 bits per heavy atom. The molecule has 2 aromatic rings. The highest BCUT2D eigenvalue weighted by Gasteiger charge is 2.17. The lowest BCUT2D eigenvalue weighted by Gasteiger charge is -2.28. The normalized spacial score (nSPS) is 15.2. The first-order valence-electron chi connectivity index (χ1n) is 6.83. The van der Waals surface area contributed by atoms with Gasteiger partial charge in [0.25, 0.3) is 5.69 Å². The molecule has 1 aromatic carbocycles. The molecule has 1 saturated heterocycles. The van der Waals surface area contributed by atoms with E-state index < -0.39 is 0 Å². The number of nitrogens with zero attached hydrogens (tertiary/aromatic N) is 2. The Hall–Kier alpha value is -1.92. The number of hydrogen-bond donors (Lipinski definition) is 0. The van der Waals surface area contributed by atoms with Gasteiger partial charge in [-0.3, -0.25) is 10.1 Å². The average Bonchev–Trinajstić information content (AvgIpc) is 2.90. The standard InChI is InChI=1S/C15H16N2O3S/c1-11-10-14(12-2-4-13(5-3-12)17(18)19)21-15(11)16-6-8-20-9-7-16/h2-5,10H,6-9H2,1H3. The molecule has 1 aromatic heterocycles. The Morgan fingerprint density at radius 1 is 1.24 bits per heavy atom. The zero-order valence-electron chi connectivity index (χ0n) is 11.7. The predicted molar refractivity (Wildman–Crippen MR) is 84.2 cm³/mol. The van der Waals surface area contributed by atoms with E-state index in [4.69, 9.17) is 4.74 Å². The molecule has 0 N–H and O–H groups in total. The summed E-state index contributed by atoms with van der Waals surface area (Å²) in [6.45, 7) is 5.48. The van der Waals surface area contributed by atoms with Crippen LogP contribution in [-0.2, 0) is 4.74 Å². The first-order valence-corrected chi connectivity index (χ1v) is 7.65. The molecule has 110 valence electrons. The summed E-state index contributed by atoms with van der Waals surface area (Å²) in [6.07, 6.45) is 0. The molecule has 0 aliphatic carbocycles. The van der Waals surface area contributed by atoms with Crippen molar-refractivity contribution in [1.29, 1.82) is 0 Å². The molecule has 0 bridgehead atoms. The summed E-state index contributed by atoms with van der Waals surface area (Å²) in [5.41, 5.74) is 2.39. The van der Waals surface area contributed by atoms with Crippen molar-refractivity contribution in [3.8, 4) is 10.4 Å². The van der Waals surface area contributed by atoms with Crippen LogP contribution in [0.15, 0.2) is 30.3 Å². The molecular weight excluding hydrogens is 288 g/mol. The minimum atomic E-state index is -0.372. The van der Waals surface area contributed by atoms with Crippen LogP contribution in [0.25, 0.3) is 10.4 Å². The number of aryl methyl sites for hydroxylation is 1. The summed E-state index contributed by atoms with van der Waals surface area (Å²) in [6, 6.07) is 8.88. The molecule has 1 fully saturated rings. The molecule has 3 rings (SSSR count). The van der Waals surface area contributed by atoms with Crippen molar-refractivity contribution in [3.63, 3.8) is 0 Å². The van der Waals surface area contributed by atoms with Gasteiger partial charge in [-0.1, -0.05) is 0 Å². The summed E-state index contributed by atoms with van der Waals surface area (Å²) >= 11 is 1.73. The van der Waals surface area contributed by atoms with E-state index in [1.807, 2.05) is 12.1 Å². The maximum absolute atomic E-state index is 10.7. The summed E-state index contributed by atoms with van der Waals surface area (Å²) in [4.78, 5) is 13.8. The van der Waals surface area contributed by atoms with Crippen molar-refractivity contribution < 1.29 is 9.66 Å². The van der Waals surface area contributed by atoms with Gasteiger partial charge < -0.3 is 9.64 Å². The van der Waals surface area contributed by atoms with Crippen LogP contribution < -0.4 is 4.90 Å². The number of morpholine rings is 1. The van der Waals surface area contributed by atoms with E-state index in [-0.39, 0.29) is 10.6 Å². The van der Waals surface area contributed by atoms with Crippen molar-refractivity contribution in [2.75, 3.05) is 31.2 Å². The summed E-state index contributed by atoms with van der Waals surface area (Å²) in [7, 11) is 0. The summed E-state index contributed by atoms with van der Waals surface area (Å²) in [5.74, 6) is 0. The van der Waals surface area contributed by atoms with Gasteiger partial charge in [-0.25, -0.2) is 0 Å². The van der Waals surface area contributed by atoms with Crippen LogP contribution >= 0.6 is 11.3 Å². The van der Waals surface area contributed by atoms with Crippen LogP contribution in [0.1, 0.15) is 5.56 Å². The zero-order valence-corrected chi connectivity index (χ0v) is 12.6. The number of nitro benzene ring substituents is 1. The molecule has 1 aliphatic heterocycles. The maximum atomic E-state index is 10.7. The van der Waals surface area contributed by atoms with Gasteiger partial charge in [0.15, 0.2) is 0 Å². The molecule has 5 nitrogen and oxygen atoms in total. The summed E-state index contributed by atoms with van der Waals surface area (Å²) < 4.78 is 5.39. The maximum Gasteiger partial charge on any atom is 0.269 e. The number of rotatable bonds is 3. The molecule has 0 atom stereocenters. The minimum absolute atomic E-state index is 0.125. The van der Waals surface area contributed by atoms with E-state index in [9.17, 15) is 10.1 Å². The van der Waals surface area contributed by atoms with Crippen molar-refractivity contribution >= 4 is 22.0 Å². The monoisotopic (exact) mass is 304 g/mol. The smallest absolute Gasteiger partial charge is 0.269 e. The molecule has 21 heavy (non-hydrogen) atoms. The zero-order chi connectivity index (χ0) is 14.8. The molecule has 1 aliphatic rings. The van der Waals surface area contributed by atoms with E-state index in [0.717, 1.165) is 36.7 Å². The van der Waals surface area contributed by atoms with Gasteiger partial charge in [0.2, 0.25) is 0 Å². The fraction of sp³-hybridized carbons (Fsp3) is 0.333.